The van der Waals surface area contributed by atoms with Gasteiger partial charge in [0.25, 0.3) is 20.0 Å². The summed E-state index contributed by atoms with van der Waals surface area (Å²) < 4.78 is 101. The van der Waals surface area contributed by atoms with Crippen molar-refractivity contribution in [2.75, 3.05) is 0 Å². The summed E-state index contributed by atoms with van der Waals surface area (Å²) in [6, 6.07) is 0.523. The predicted molar refractivity (Wildman–Crippen MR) is 49.5 cm³/mol. The molecule has 0 aliphatic heterocycles. The van der Waals surface area contributed by atoms with Gasteiger partial charge in [-0.15, -0.1) is 0 Å². The van der Waals surface area contributed by atoms with E-state index in [0.717, 1.165) is 0 Å². The number of hydrogen-bond acceptors (Lipinski definition) is 4. The molecule has 1 N–H and O–H groups in total. The SMILES string of the molecule is O=S(=O)(O)c1ccc(F)c(S(=O)(=O)C(F)(F)F)c1.[He]. The first-order valence-corrected chi connectivity index (χ1v) is 6.88. The molecule has 0 bridgehead atoms. The van der Waals surface area contributed by atoms with Crippen LogP contribution in [0.2, 0.25) is 0 Å². The second-order valence-corrected chi connectivity index (χ2v) is 6.35. The van der Waals surface area contributed by atoms with Crippen molar-refractivity contribution in [2.24, 2.45) is 0 Å². The van der Waals surface area contributed by atoms with Gasteiger partial charge in [-0.2, -0.15) is 21.6 Å². The van der Waals surface area contributed by atoms with Crippen LogP contribution in [0.3, 0.4) is 0 Å². The van der Waals surface area contributed by atoms with Gasteiger partial charge in [-0.1, -0.05) is 0 Å². The first-order chi connectivity index (χ1) is 7.87. The minimum absolute atomic E-state index is 0. The number of halogens is 4. The monoisotopic (exact) mass is 312 g/mol. The normalized spacial score (nSPS) is 12.9. The second-order valence-electron chi connectivity index (χ2n) is 3.02. The van der Waals surface area contributed by atoms with Crippen molar-refractivity contribution in [2.45, 2.75) is 15.3 Å². The first-order valence-electron chi connectivity index (χ1n) is 3.96. The zero-order chi connectivity index (χ0) is 14.4. The third-order valence-electron chi connectivity index (χ3n) is 1.79. The van der Waals surface area contributed by atoms with Crippen molar-refractivity contribution in [1.82, 2.24) is 0 Å². The number of sulfone groups is 1. The molecule has 12 heteroatoms. The summed E-state index contributed by atoms with van der Waals surface area (Å²) in [5.41, 5.74) is -5.79. The number of rotatable bonds is 2. The van der Waals surface area contributed by atoms with E-state index in [2.05, 4.69) is 0 Å². The Morgan fingerprint density at radius 3 is 1.89 bits per heavy atom. The standard InChI is InChI=1S/C7H4F4O5S2.He/c8-5-2-1-4(18(14,15)16)3-6(5)17(12,13)7(9,10)11;/h1-3H,(H,14,15,16);. The van der Waals surface area contributed by atoms with Crippen LogP contribution in [0.1, 0.15) is 0 Å². The quantitative estimate of drug-likeness (QED) is 0.658. The van der Waals surface area contributed by atoms with Crippen molar-refractivity contribution in [3.05, 3.63) is 24.0 Å². The molecule has 0 spiro atoms. The summed E-state index contributed by atoms with van der Waals surface area (Å²) >= 11 is 0. The molecule has 0 radical (unpaired) electrons. The molecule has 0 aromatic heterocycles. The molecule has 0 aliphatic carbocycles. The van der Waals surface area contributed by atoms with E-state index in [9.17, 15) is 34.4 Å². The molecule has 1 aromatic rings. The van der Waals surface area contributed by atoms with Gasteiger partial charge >= 0.3 is 5.51 Å². The molecule has 104 valence electrons. The van der Waals surface area contributed by atoms with Gasteiger partial charge in [0.15, 0.2) is 0 Å². The Hall–Kier alpha value is -1.29. The Morgan fingerprint density at radius 2 is 1.53 bits per heavy atom. The van der Waals surface area contributed by atoms with Gasteiger partial charge < -0.3 is 0 Å². The Labute approximate surface area is 105 Å². The van der Waals surface area contributed by atoms with E-state index in [4.69, 9.17) is 4.55 Å². The zero-order valence-corrected chi connectivity index (χ0v) is 10.5. The van der Waals surface area contributed by atoms with Gasteiger partial charge in [0, 0.05) is 6.15 Å². The fraction of sp³-hybridized carbons (Fsp3) is 0.143. The molecule has 1 rings (SSSR count). The van der Waals surface area contributed by atoms with Gasteiger partial charge in [0.1, 0.15) is 10.7 Å². The fourth-order valence-corrected chi connectivity index (χ4v) is 2.41. The average Bonchev–Trinajstić information content (AvgIpc) is 2.14. The van der Waals surface area contributed by atoms with Gasteiger partial charge in [0.2, 0.25) is 0 Å². The summed E-state index contributed by atoms with van der Waals surface area (Å²) in [6.45, 7) is 0. The molecule has 19 heavy (non-hydrogen) atoms. The average molecular weight is 312 g/mol. The predicted octanol–water partition coefficient (Wildman–Crippen LogP) is 1.37. The Kier molecular flexibility index (Phi) is 4.66. The number of hydrogen-bond donors (Lipinski definition) is 1. The Morgan fingerprint density at radius 1 is 1.05 bits per heavy atom. The van der Waals surface area contributed by atoms with Crippen molar-refractivity contribution < 1.29 is 45.1 Å². The zero-order valence-electron chi connectivity index (χ0n) is 8.85. The molecule has 0 amide bonds. The van der Waals surface area contributed by atoms with Crippen LogP contribution in [-0.4, -0.2) is 26.9 Å². The topological polar surface area (TPSA) is 88.5 Å². The Balaban J connectivity index is 0.00000324. The van der Waals surface area contributed by atoms with Crippen molar-refractivity contribution in [3.8, 4) is 0 Å². The molecule has 5 nitrogen and oxygen atoms in total. The van der Waals surface area contributed by atoms with Crippen molar-refractivity contribution >= 4 is 20.0 Å². The van der Waals surface area contributed by atoms with Gasteiger partial charge in [-0.05, 0) is 18.2 Å². The van der Waals surface area contributed by atoms with E-state index in [1.807, 2.05) is 0 Å². The molecule has 0 heterocycles. The van der Waals surface area contributed by atoms with Gasteiger partial charge in [0.05, 0.1) is 4.90 Å². The molecular weight excluding hydrogens is 308 g/mol. The van der Waals surface area contributed by atoms with E-state index in [0.29, 0.717) is 6.07 Å². The van der Waals surface area contributed by atoms with Gasteiger partial charge in [-0.3, -0.25) is 4.55 Å². The molecule has 0 saturated heterocycles. The van der Waals surface area contributed by atoms with Crippen LogP contribution >= 0.6 is 0 Å². The maximum absolute atomic E-state index is 13.0. The molecule has 0 aliphatic rings. The summed E-state index contributed by atoms with van der Waals surface area (Å²) in [7, 11) is -11.0. The van der Waals surface area contributed by atoms with Crippen LogP contribution in [-0.2, 0) is 20.0 Å². The van der Waals surface area contributed by atoms with Gasteiger partial charge in [-0.25, -0.2) is 12.8 Å². The third kappa shape index (κ3) is 3.38. The first kappa shape index (κ1) is 17.7. The van der Waals surface area contributed by atoms with Crippen LogP contribution in [0, 0.1) is 12.0 Å². The maximum Gasteiger partial charge on any atom is 0.502 e. The fourth-order valence-electron chi connectivity index (χ4n) is 0.975. The summed E-state index contributed by atoms with van der Waals surface area (Å²) in [6.07, 6.45) is 0. The van der Waals surface area contributed by atoms with Crippen LogP contribution in [0.4, 0.5) is 17.6 Å². The smallest absolute Gasteiger partial charge is 0.282 e. The van der Waals surface area contributed by atoms with E-state index in [1.54, 1.807) is 0 Å². The summed E-state index contributed by atoms with van der Waals surface area (Å²) in [5, 5.41) is 0. The van der Waals surface area contributed by atoms with E-state index < -0.39 is 41.1 Å². The number of alkyl halides is 3. The number of benzene rings is 1. The largest absolute Gasteiger partial charge is 0.502 e. The molecule has 0 atom stereocenters. The molecule has 0 unspecified atom stereocenters. The van der Waals surface area contributed by atoms with E-state index in [1.165, 1.54) is 0 Å². The Bertz CT molecular complexity index is 680. The molecular formula is C7H4F4HeO5S2. The maximum atomic E-state index is 13.0. The third-order valence-corrected chi connectivity index (χ3v) is 4.15. The van der Waals surface area contributed by atoms with Crippen LogP contribution in [0.25, 0.3) is 0 Å². The van der Waals surface area contributed by atoms with E-state index in [-0.39, 0.29) is 18.3 Å². The minimum Gasteiger partial charge on any atom is -0.282 e. The molecule has 0 fully saturated rings. The van der Waals surface area contributed by atoms with Crippen LogP contribution < -0.4 is 0 Å². The molecule has 1 aromatic carbocycles. The minimum atomic E-state index is -6.04. The summed E-state index contributed by atoms with van der Waals surface area (Å²) in [4.78, 5) is -3.03. The van der Waals surface area contributed by atoms with E-state index >= 15 is 0 Å². The summed E-state index contributed by atoms with van der Waals surface area (Å²) in [5.74, 6) is -1.78. The second kappa shape index (κ2) is 5.00. The van der Waals surface area contributed by atoms with Crippen LogP contribution in [0.5, 0.6) is 0 Å². The van der Waals surface area contributed by atoms with Crippen molar-refractivity contribution in [1.29, 1.82) is 0 Å². The van der Waals surface area contributed by atoms with Crippen molar-refractivity contribution in [3.63, 3.8) is 0 Å². The molecule has 0 saturated carbocycles. The van der Waals surface area contributed by atoms with Crippen LogP contribution in [0.15, 0.2) is 28.0 Å².